The number of Topliss-reactive ketones (excluding diaryl/α,β-unsaturated/α-hetero) is 1. The maximum atomic E-state index is 13.7. The third-order valence-electron chi connectivity index (χ3n) is 7.07. The molecule has 0 aliphatic heterocycles. The monoisotopic (exact) mass is 368 g/mol. The molecule has 0 radical (unpaired) electrons. The zero-order valence-electron chi connectivity index (χ0n) is 15.4. The molecule has 2 fully saturated rings. The Hall–Kier alpha value is -2.94. The minimum Gasteiger partial charge on any atom is -0.423 e. The van der Waals surface area contributed by atoms with Crippen LogP contribution in [0.2, 0.25) is 0 Å². The number of hydrogen-bond donors (Lipinski definition) is 0. The molecule has 28 heavy (non-hydrogen) atoms. The average Bonchev–Trinajstić information content (AvgIpc) is 3.40. The van der Waals surface area contributed by atoms with E-state index in [1.807, 2.05) is 36.4 Å². The standard InChI is InChI=1S/C25H20O3/c26-20-13-18(17-8-4-5-9-19(17)28-20)24-21(14-6-2-1-3-7-14)22-15-10-11-16(12-15)23(22)25(24)27/h1-9,13,15-16,22-23H,10-12H2/t15-,16+,22-,23-/m1/s1. The van der Waals surface area contributed by atoms with E-state index in [4.69, 9.17) is 4.42 Å². The third-order valence-corrected chi connectivity index (χ3v) is 7.07. The fourth-order valence-corrected chi connectivity index (χ4v) is 6.10. The number of hydrogen-bond acceptors (Lipinski definition) is 3. The van der Waals surface area contributed by atoms with Crippen molar-refractivity contribution in [1.29, 1.82) is 0 Å². The zero-order chi connectivity index (χ0) is 18.8. The Labute approximate surface area is 162 Å². The van der Waals surface area contributed by atoms with Crippen molar-refractivity contribution in [3.63, 3.8) is 0 Å². The molecule has 1 heterocycles. The van der Waals surface area contributed by atoms with Gasteiger partial charge in [0.15, 0.2) is 5.78 Å². The molecule has 0 unspecified atom stereocenters. The van der Waals surface area contributed by atoms with Crippen LogP contribution in [0.25, 0.3) is 22.1 Å². The number of rotatable bonds is 2. The Morgan fingerprint density at radius 1 is 0.821 bits per heavy atom. The molecule has 2 bridgehead atoms. The van der Waals surface area contributed by atoms with Gasteiger partial charge in [0.25, 0.3) is 0 Å². The first-order valence-electron chi connectivity index (χ1n) is 10.1. The average molecular weight is 368 g/mol. The second-order valence-corrected chi connectivity index (χ2v) is 8.38. The van der Waals surface area contributed by atoms with Crippen molar-refractivity contribution in [3.05, 3.63) is 82.2 Å². The quantitative estimate of drug-likeness (QED) is 0.601. The van der Waals surface area contributed by atoms with Crippen molar-refractivity contribution in [2.45, 2.75) is 19.3 Å². The van der Waals surface area contributed by atoms with Gasteiger partial charge in [-0.05, 0) is 54.2 Å². The molecule has 2 saturated carbocycles. The Morgan fingerprint density at radius 2 is 1.54 bits per heavy atom. The number of fused-ring (bicyclic) bond motifs is 6. The Balaban J connectivity index is 1.69. The van der Waals surface area contributed by atoms with E-state index in [1.165, 1.54) is 18.9 Å². The molecule has 6 rings (SSSR count). The molecule has 4 atom stereocenters. The molecule has 138 valence electrons. The second-order valence-electron chi connectivity index (χ2n) is 8.38. The SMILES string of the molecule is O=C1C(c2cc(=O)oc3ccccc23)=C(c2ccccc2)[C@H]2[C@@H]3CC[C@@H](C3)[C@@H]12. The molecule has 0 spiro atoms. The fraction of sp³-hybridized carbons (Fsp3) is 0.280. The highest BCUT2D eigenvalue weighted by molar-refractivity contribution is 6.34. The smallest absolute Gasteiger partial charge is 0.336 e. The minimum atomic E-state index is -0.401. The van der Waals surface area contributed by atoms with E-state index in [-0.39, 0.29) is 17.6 Å². The summed E-state index contributed by atoms with van der Waals surface area (Å²) < 4.78 is 5.40. The maximum Gasteiger partial charge on any atom is 0.336 e. The summed E-state index contributed by atoms with van der Waals surface area (Å²) in [5, 5.41) is 0.839. The van der Waals surface area contributed by atoms with Crippen molar-refractivity contribution in [2.75, 3.05) is 0 Å². The van der Waals surface area contributed by atoms with E-state index < -0.39 is 5.63 Å². The van der Waals surface area contributed by atoms with Crippen LogP contribution in [0.4, 0.5) is 0 Å². The predicted molar refractivity (Wildman–Crippen MR) is 109 cm³/mol. The van der Waals surface area contributed by atoms with Crippen LogP contribution in [0.3, 0.4) is 0 Å². The highest BCUT2D eigenvalue weighted by Crippen LogP contribution is 2.62. The van der Waals surface area contributed by atoms with Crippen LogP contribution in [0.1, 0.15) is 30.4 Å². The number of ketones is 1. The second kappa shape index (κ2) is 5.78. The van der Waals surface area contributed by atoms with Gasteiger partial charge >= 0.3 is 5.63 Å². The van der Waals surface area contributed by atoms with Crippen molar-refractivity contribution < 1.29 is 9.21 Å². The number of allylic oxidation sites excluding steroid dienone is 2. The largest absolute Gasteiger partial charge is 0.423 e. The lowest BCUT2D eigenvalue weighted by atomic mass is 9.77. The van der Waals surface area contributed by atoms with Crippen LogP contribution in [0.15, 0.2) is 69.9 Å². The summed E-state index contributed by atoms with van der Waals surface area (Å²) in [5.74, 6) is 1.67. The lowest BCUT2D eigenvalue weighted by molar-refractivity contribution is -0.118. The van der Waals surface area contributed by atoms with Crippen LogP contribution in [-0.4, -0.2) is 5.78 Å². The van der Waals surface area contributed by atoms with Gasteiger partial charge in [-0.1, -0.05) is 48.5 Å². The molecule has 0 amide bonds. The predicted octanol–water partition coefficient (Wildman–Crippen LogP) is 4.95. The van der Waals surface area contributed by atoms with Gasteiger partial charge in [-0.3, -0.25) is 4.79 Å². The van der Waals surface area contributed by atoms with E-state index in [1.54, 1.807) is 6.07 Å². The van der Waals surface area contributed by atoms with Crippen LogP contribution in [-0.2, 0) is 4.79 Å². The molecular formula is C25H20O3. The summed E-state index contributed by atoms with van der Waals surface area (Å²) in [6.07, 6.45) is 3.54. The van der Waals surface area contributed by atoms with Crippen LogP contribution < -0.4 is 5.63 Å². The van der Waals surface area contributed by atoms with Crippen molar-refractivity contribution >= 4 is 27.9 Å². The fourth-order valence-electron chi connectivity index (χ4n) is 6.10. The lowest BCUT2D eigenvalue weighted by Gasteiger charge is -2.26. The highest BCUT2D eigenvalue weighted by atomic mass is 16.4. The van der Waals surface area contributed by atoms with E-state index in [9.17, 15) is 9.59 Å². The molecule has 3 aliphatic rings. The first-order valence-corrected chi connectivity index (χ1v) is 10.1. The van der Waals surface area contributed by atoms with Gasteiger partial charge in [-0.15, -0.1) is 0 Å². The number of benzene rings is 2. The summed E-state index contributed by atoms with van der Waals surface area (Å²) in [5.41, 5.74) is 3.90. The molecular weight excluding hydrogens is 348 g/mol. The summed E-state index contributed by atoms with van der Waals surface area (Å²) in [6.45, 7) is 0. The molecule has 1 aromatic heterocycles. The van der Waals surface area contributed by atoms with Crippen molar-refractivity contribution in [3.8, 4) is 0 Å². The Kier molecular flexibility index (Phi) is 3.31. The molecule has 3 heteroatoms. The van der Waals surface area contributed by atoms with E-state index in [0.29, 0.717) is 17.4 Å². The van der Waals surface area contributed by atoms with Crippen molar-refractivity contribution in [1.82, 2.24) is 0 Å². The van der Waals surface area contributed by atoms with E-state index in [0.717, 1.165) is 34.1 Å². The number of para-hydroxylation sites is 1. The summed E-state index contributed by atoms with van der Waals surface area (Å²) in [7, 11) is 0. The zero-order valence-corrected chi connectivity index (χ0v) is 15.4. The third kappa shape index (κ3) is 2.10. The van der Waals surface area contributed by atoms with Gasteiger partial charge < -0.3 is 4.42 Å². The van der Waals surface area contributed by atoms with E-state index in [2.05, 4.69) is 12.1 Å². The van der Waals surface area contributed by atoms with Gasteiger partial charge in [0.05, 0.1) is 0 Å². The minimum absolute atomic E-state index is 0.0787. The molecule has 2 aromatic carbocycles. The summed E-state index contributed by atoms with van der Waals surface area (Å²) in [4.78, 5) is 26.0. The molecule has 0 saturated heterocycles. The van der Waals surface area contributed by atoms with Gasteiger partial charge in [-0.2, -0.15) is 0 Å². The Morgan fingerprint density at radius 3 is 2.36 bits per heavy atom. The topological polar surface area (TPSA) is 47.3 Å². The van der Waals surface area contributed by atoms with Gasteiger partial charge in [-0.25, -0.2) is 4.79 Å². The maximum absolute atomic E-state index is 13.7. The van der Waals surface area contributed by atoms with Crippen LogP contribution >= 0.6 is 0 Å². The normalized spacial score (nSPS) is 28.4. The Bertz CT molecular complexity index is 1200. The molecule has 3 aromatic rings. The summed E-state index contributed by atoms with van der Waals surface area (Å²) in [6, 6.07) is 19.3. The van der Waals surface area contributed by atoms with Gasteiger partial charge in [0.2, 0.25) is 0 Å². The van der Waals surface area contributed by atoms with Crippen molar-refractivity contribution in [2.24, 2.45) is 23.7 Å². The molecule has 0 N–H and O–H groups in total. The van der Waals surface area contributed by atoms with Crippen LogP contribution in [0.5, 0.6) is 0 Å². The highest BCUT2D eigenvalue weighted by Gasteiger charge is 2.57. The number of carbonyl (C=O) groups excluding carboxylic acids is 1. The first kappa shape index (κ1) is 16.1. The molecule has 3 aliphatic carbocycles. The molecule has 3 nitrogen and oxygen atoms in total. The van der Waals surface area contributed by atoms with Gasteiger partial charge in [0.1, 0.15) is 5.58 Å². The summed E-state index contributed by atoms with van der Waals surface area (Å²) >= 11 is 0. The van der Waals surface area contributed by atoms with Crippen LogP contribution in [0, 0.1) is 23.7 Å². The number of carbonyl (C=O) groups is 1. The van der Waals surface area contributed by atoms with Gasteiger partial charge in [0, 0.05) is 28.5 Å². The van der Waals surface area contributed by atoms with E-state index >= 15 is 0 Å². The first-order chi connectivity index (χ1) is 13.7. The lowest BCUT2D eigenvalue weighted by Crippen LogP contribution is -2.24.